The molecule has 1 aromatic rings. The predicted octanol–water partition coefficient (Wildman–Crippen LogP) is 2.88. The molecule has 1 aromatic carbocycles. The molecule has 2 aliphatic rings. The number of benzene rings is 1. The largest absolute Gasteiger partial charge is 0.369 e. The van der Waals surface area contributed by atoms with Gasteiger partial charge in [-0.3, -0.25) is 4.99 Å². The van der Waals surface area contributed by atoms with Crippen molar-refractivity contribution in [2.24, 2.45) is 10.9 Å². The quantitative estimate of drug-likeness (QED) is 0.662. The standard InChI is InChI=1S/C17H25ClN4/c1-3-19-17(21-16-9-12(16)2)20-14-7-8-22(11-14)15-6-4-5-13(18)10-15/h4-6,10,12,14,16H,3,7-9,11H2,1-2H3,(H2,19,20,21). The van der Waals surface area contributed by atoms with Crippen LogP contribution in [0.5, 0.6) is 0 Å². The van der Waals surface area contributed by atoms with Gasteiger partial charge in [0.25, 0.3) is 0 Å². The van der Waals surface area contributed by atoms with Gasteiger partial charge in [-0.15, -0.1) is 0 Å². The van der Waals surface area contributed by atoms with Crippen molar-refractivity contribution < 1.29 is 0 Å². The van der Waals surface area contributed by atoms with Crippen LogP contribution in [0.3, 0.4) is 0 Å². The summed E-state index contributed by atoms with van der Waals surface area (Å²) in [6.07, 6.45) is 2.38. The van der Waals surface area contributed by atoms with E-state index in [4.69, 9.17) is 11.6 Å². The van der Waals surface area contributed by atoms with E-state index in [1.165, 1.54) is 12.1 Å². The molecule has 0 amide bonds. The molecule has 3 rings (SSSR count). The van der Waals surface area contributed by atoms with Crippen LogP contribution in [0.1, 0.15) is 26.7 Å². The monoisotopic (exact) mass is 320 g/mol. The molecule has 0 radical (unpaired) electrons. The van der Waals surface area contributed by atoms with Crippen LogP contribution in [0.4, 0.5) is 5.69 Å². The van der Waals surface area contributed by atoms with Crippen molar-refractivity contribution >= 4 is 23.2 Å². The van der Waals surface area contributed by atoms with Crippen LogP contribution in [-0.2, 0) is 0 Å². The van der Waals surface area contributed by atoms with Crippen LogP contribution in [0.25, 0.3) is 0 Å². The Morgan fingerprint density at radius 3 is 2.91 bits per heavy atom. The molecule has 2 N–H and O–H groups in total. The lowest BCUT2D eigenvalue weighted by molar-refractivity contribution is 0.641. The van der Waals surface area contributed by atoms with Gasteiger partial charge in [-0.25, -0.2) is 0 Å². The second-order valence-electron chi connectivity index (χ2n) is 6.34. The van der Waals surface area contributed by atoms with E-state index in [9.17, 15) is 0 Å². The molecule has 0 bridgehead atoms. The smallest absolute Gasteiger partial charge is 0.191 e. The van der Waals surface area contributed by atoms with E-state index in [0.29, 0.717) is 12.1 Å². The second kappa shape index (κ2) is 6.78. The normalized spacial score (nSPS) is 27.9. The molecular weight excluding hydrogens is 296 g/mol. The van der Waals surface area contributed by atoms with Crippen molar-refractivity contribution in [1.29, 1.82) is 0 Å². The molecule has 1 saturated heterocycles. The van der Waals surface area contributed by atoms with Crippen molar-refractivity contribution in [3.63, 3.8) is 0 Å². The molecule has 0 aromatic heterocycles. The van der Waals surface area contributed by atoms with E-state index < -0.39 is 0 Å². The maximum Gasteiger partial charge on any atom is 0.191 e. The summed E-state index contributed by atoms with van der Waals surface area (Å²) in [6.45, 7) is 7.20. The topological polar surface area (TPSA) is 39.7 Å². The number of anilines is 1. The summed E-state index contributed by atoms with van der Waals surface area (Å²) in [5.74, 6) is 1.74. The number of nitrogens with one attached hydrogen (secondary N) is 2. The highest BCUT2D eigenvalue weighted by Gasteiger charge is 2.34. The van der Waals surface area contributed by atoms with Gasteiger partial charge in [0.05, 0.1) is 0 Å². The van der Waals surface area contributed by atoms with Crippen molar-refractivity contribution in [2.75, 3.05) is 24.5 Å². The van der Waals surface area contributed by atoms with Crippen molar-refractivity contribution in [3.05, 3.63) is 29.3 Å². The van der Waals surface area contributed by atoms with Crippen LogP contribution in [0, 0.1) is 5.92 Å². The summed E-state index contributed by atoms with van der Waals surface area (Å²) in [7, 11) is 0. The molecule has 1 aliphatic heterocycles. The molecule has 1 saturated carbocycles. The first-order valence-corrected chi connectivity index (χ1v) is 8.61. The SMILES string of the molecule is CCN=C(NC1CCN(c2cccc(Cl)c2)C1)NC1CC1C. The lowest BCUT2D eigenvalue weighted by atomic mass is 10.2. The fourth-order valence-corrected chi connectivity index (χ4v) is 3.15. The Kier molecular flexibility index (Phi) is 4.77. The number of rotatable bonds is 4. The van der Waals surface area contributed by atoms with Gasteiger partial charge in [0.1, 0.15) is 0 Å². The van der Waals surface area contributed by atoms with Crippen molar-refractivity contribution in [3.8, 4) is 0 Å². The van der Waals surface area contributed by atoms with Gasteiger partial charge in [0, 0.05) is 42.4 Å². The van der Waals surface area contributed by atoms with Gasteiger partial charge in [-0.2, -0.15) is 0 Å². The highest BCUT2D eigenvalue weighted by Crippen LogP contribution is 2.29. The van der Waals surface area contributed by atoms with E-state index in [2.05, 4.69) is 40.4 Å². The first-order valence-electron chi connectivity index (χ1n) is 8.23. The Morgan fingerprint density at radius 1 is 1.41 bits per heavy atom. The van der Waals surface area contributed by atoms with Crippen molar-refractivity contribution in [1.82, 2.24) is 10.6 Å². The van der Waals surface area contributed by atoms with Gasteiger partial charge in [-0.1, -0.05) is 24.6 Å². The van der Waals surface area contributed by atoms with Crippen LogP contribution in [-0.4, -0.2) is 37.7 Å². The summed E-state index contributed by atoms with van der Waals surface area (Å²) in [4.78, 5) is 6.95. The predicted molar refractivity (Wildman–Crippen MR) is 93.9 cm³/mol. The van der Waals surface area contributed by atoms with Crippen molar-refractivity contribution in [2.45, 2.75) is 38.8 Å². The fourth-order valence-electron chi connectivity index (χ4n) is 2.97. The van der Waals surface area contributed by atoms with Crippen LogP contribution >= 0.6 is 11.6 Å². The fraction of sp³-hybridized carbons (Fsp3) is 0.588. The summed E-state index contributed by atoms with van der Waals surface area (Å²) >= 11 is 6.09. The second-order valence-corrected chi connectivity index (χ2v) is 6.78. The van der Waals surface area contributed by atoms with Gasteiger partial charge in [0.2, 0.25) is 0 Å². The third kappa shape index (κ3) is 3.86. The van der Waals surface area contributed by atoms with E-state index in [0.717, 1.165) is 43.0 Å². The zero-order chi connectivity index (χ0) is 15.5. The Labute approximate surface area is 137 Å². The Morgan fingerprint density at radius 2 is 2.23 bits per heavy atom. The summed E-state index contributed by atoms with van der Waals surface area (Å²) in [5, 5.41) is 7.92. The highest BCUT2D eigenvalue weighted by molar-refractivity contribution is 6.30. The number of hydrogen-bond donors (Lipinski definition) is 2. The van der Waals surface area contributed by atoms with E-state index in [-0.39, 0.29) is 0 Å². The zero-order valence-electron chi connectivity index (χ0n) is 13.3. The lowest BCUT2D eigenvalue weighted by Crippen LogP contribution is -2.45. The minimum absolute atomic E-state index is 0.436. The minimum atomic E-state index is 0.436. The molecule has 5 heteroatoms. The molecule has 3 atom stereocenters. The number of guanidine groups is 1. The average molecular weight is 321 g/mol. The number of nitrogens with zero attached hydrogens (tertiary/aromatic N) is 2. The van der Waals surface area contributed by atoms with E-state index in [1.54, 1.807) is 0 Å². The summed E-state index contributed by atoms with van der Waals surface area (Å²) in [5.41, 5.74) is 1.20. The molecule has 1 aliphatic carbocycles. The lowest BCUT2D eigenvalue weighted by Gasteiger charge is -2.20. The highest BCUT2D eigenvalue weighted by atomic mass is 35.5. The maximum absolute atomic E-state index is 6.09. The molecule has 1 heterocycles. The third-order valence-electron chi connectivity index (χ3n) is 4.45. The first kappa shape index (κ1) is 15.5. The molecule has 4 nitrogen and oxygen atoms in total. The zero-order valence-corrected chi connectivity index (χ0v) is 14.1. The average Bonchev–Trinajstić information content (AvgIpc) is 2.99. The van der Waals surface area contributed by atoms with E-state index in [1.807, 2.05) is 18.2 Å². The van der Waals surface area contributed by atoms with Crippen LogP contribution < -0.4 is 15.5 Å². The number of hydrogen-bond acceptors (Lipinski definition) is 2. The molecular formula is C17H25ClN4. The van der Waals surface area contributed by atoms with Gasteiger partial charge in [-0.05, 0) is 43.9 Å². The molecule has 120 valence electrons. The molecule has 0 spiro atoms. The van der Waals surface area contributed by atoms with Gasteiger partial charge in [0.15, 0.2) is 5.96 Å². The number of halogens is 1. The Bertz CT molecular complexity index is 545. The maximum atomic E-state index is 6.09. The third-order valence-corrected chi connectivity index (χ3v) is 4.69. The Balaban J connectivity index is 1.56. The van der Waals surface area contributed by atoms with Crippen LogP contribution in [0.15, 0.2) is 29.3 Å². The van der Waals surface area contributed by atoms with Crippen LogP contribution in [0.2, 0.25) is 5.02 Å². The summed E-state index contributed by atoms with van der Waals surface area (Å²) < 4.78 is 0. The minimum Gasteiger partial charge on any atom is -0.369 e. The van der Waals surface area contributed by atoms with E-state index >= 15 is 0 Å². The molecule has 2 fully saturated rings. The van der Waals surface area contributed by atoms with Gasteiger partial charge >= 0.3 is 0 Å². The summed E-state index contributed by atoms with van der Waals surface area (Å²) in [6, 6.07) is 9.13. The first-order chi connectivity index (χ1) is 10.7. The number of aliphatic imine (C=N–C) groups is 1. The molecule has 22 heavy (non-hydrogen) atoms. The molecule has 3 unspecified atom stereocenters. The van der Waals surface area contributed by atoms with Gasteiger partial charge < -0.3 is 15.5 Å². The Hall–Kier alpha value is -1.42.